The van der Waals surface area contributed by atoms with Crippen molar-refractivity contribution in [1.29, 1.82) is 0 Å². The van der Waals surface area contributed by atoms with Gasteiger partial charge in [0.05, 0.1) is 12.2 Å². The summed E-state index contributed by atoms with van der Waals surface area (Å²) in [5.74, 6) is 0. The Morgan fingerprint density at radius 2 is 2.00 bits per heavy atom. The van der Waals surface area contributed by atoms with Gasteiger partial charge in [-0.05, 0) is 24.6 Å². The van der Waals surface area contributed by atoms with Crippen LogP contribution in [0, 0.1) is 0 Å². The van der Waals surface area contributed by atoms with Gasteiger partial charge in [-0.25, -0.2) is 0 Å². The summed E-state index contributed by atoms with van der Waals surface area (Å²) >= 11 is 0. The first-order chi connectivity index (χ1) is 9.43. The van der Waals surface area contributed by atoms with Gasteiger partial charge in [0.25, 0.3) is 0 Å². The van der Waals surface area contributed by atoms with Crippen LogP contribution in [0.15, 0.2) is 18.2 Å². The van der Waals surface area contributed by atoms with Crippen LogP contribution >= 0.6 is 0 Å². The van der Waals surface area contributed by atoms with Crippen molar-refractivity contribution in [3.8, 4) is 0 Å². The highest BCUT2D eigenvalue weighted by molar-refractivity contribution is 5.77. The Hall–Kier alpha value is -1.56. The second-order valence-electron chi connectivity index (χ2n) is 4.46. The summed E-state index contributed by atoms with van der Waals surface area (Å²) in [6, 6.07) is 3.49. The average molecular weight is 289 g/mol. The van der Waals surface area contributed by atoms with Crippen molar-refractivity contribution in [1.82, 2.24) is 0 Å². The molecular formula is C14H18F3NO2. The Labute approximate surface area is 116 Å². The molecule has 1 rings (SSSR count). The number of carbonyl (C=O) groups is 1. The topological polar surface area (TPSA) is 40.5 Å². The number of halogens is 3. The van der Waals surface area contributed by atoms with Gasteiger partial charge in [0.15, 0.2) is 0 Å². The van der Waals surface area contributed by atoms with E-state index in [1.807, 2.05) is 6.92 Å². The molecule has 0 radical (unpaired) electrons. The highest BCUT2D eigenvalue weighted by atomic mass is 19.4. The van der Waals surface area contributed by atoms with Gasteiger partial charge < -0.3 is 10.0 Å². The standard InChI is InChI=1S/C14H18F3NO2/c1-2-3-6-18(7-8-19)13-5-4-11(10-20)9-12(13)14(15,16)17/h4-5,9-10,19H,2-3,6-8H2,1H3. The smallest absolute Gasteiger partial charge is 0.395 e. The number of hydrogen-bond acceptors (Lipinski definition) is 3. The molecule has 0 saturated carbocycles. The lowest BCUT2D eigenvalue weighted by atomic mass is 10.1. The van der Waals surface area contributed by atoms with Gasteiger partial charge >= 0.3 is 6.18 Å². The summed E-state index contributed by atoms with van der Waals surface area (Å²) in [6.07, 6.45) is -2.57. The minimum Gasteiger partial charge on any atom is -0.395 e. The van der Waals surface area contributed by atoms with Crippen LogP contribution in [0.1, 0.15) is 35.7 Å². The fourth-order valence-electron chi connectivity index (χ4n) is 1.95. The van der Waals surface area contributed by atoms with Gasteiger partial charge in [0.2, 0.25) is 0 Å². The second-order valence-corrected chi connectivity index (χ2v) is 4.46. The first kappa shape index (κ1) is 16.5. The molecule has 0 atom stereocenters. The number of carbonyl (C=O) groups excluding carboxylic acids is 1. The van der Waals surface area contributed by atoms with Crippen molar-refractivity contribution in [3.05, 3.63) is 29.3 Å². The van der Waals surface area contributed by atoms with Crippen LogP contribution in [0.5, 0.6) is 0 Å². The number of benzene rings is 1. The lowest BCUT2D eigenvalue weighted by molar-refractivity contribution is -0.137. The molecule has 0 fully saturated rings. The van der Waals surface area contributed by atoms with Crippen molar-refractivity contribution in [2.45, 2.75) is 25.9 Å². The van der Waals surface area contributed by atoms with Gasteiger partial charge in [-0.2, -0.15) is 13.2 Å². The molecule has 1 aromatic carbocycles. The third kappa shape index (κ3) is 4.23. The van der Waals surface area contributed by atoms with Crippen LogP contribution in [0.3, 0.4) is 0 Å². The molecule has 0 aliphatic carbocycles. The van der Waals surface area contributed by atoms with Crippen LogP contribution in [-0.2, 0) is 6.18 Å². The fraction of sp³-hybridized carbons (Fsp3) is 0.500. The number of alkyl halides is 3. The average Bonchev–Trinajstić information content (AvgIpc) is 2.42. The third-order valence-electron chi connectivity index (χ3n) is 2.95. The van der Waals surface area contributed by atoms with E-state index in [0.717, 1.165) is 18.9 Å². The summed E-state index contributed by atoms with van der Waals surface area (Å²) in [4.78, 5) is 12.1. The zero-order valence-corrected chi connectivity index (χ0v) is 11.3. The zero-order chi connectivity index (χ0) is 15.2. The number of hydrogen-bond donors (Lipinski definition) is 1. The van der Waals surface area contributed by atoms with Crippen molar-refractivity contribution >= 4 is 12.0 Å². The Kier molecular flexibility index (Phi) is 6.01. The molecule has 112 valence electrons. The minimum absolute atomic E-state index is 0.00519. The van der Waals surface area contributed by atoms with Crippen molar-refractivity contribution in [2.75, 3.05) is 24.6 Å². The largest absolute Gasteiger partial charge is 0.418 e. The van der Waals surface area contributed by atoms with E-state index >= 15 is 0 Å². The van der Waals surface area contributed by atoms with Gasteiger partial charge in [0, 0.05) is 24.3 Å². The van der Waals surface area contributed by atoms with E-state index in [4.69, 9.17) is 5.11 Å². The second kappa shape index (κ2) is 7.28. The predicted molar refractivity (Wildman–Crippen MR) is 71.0 cm³/mol. The molecule has 3 nitrogen and oxygen atoms in total. The fourth-order valence-corrected chi connectivity index (χ4v) is 1.95. The lowest BCUT2D eigenvalue weighted by Crippen LogP contribution is -2.30. The summed E-state index contributed by atoms with van der Waals surface area (Å²) in [5, 5.41) is 9.01. The molecule has 20 heavy (non-hydrogen) atoms. The molecule has 1 aromatic rings. The molecular weight excluding hydrogens is 271 g/mol. The zero-order valence-electron chi connectivity index (χ0n) is 11.3. The SMILES string of the molecule is CCCCN(CCO)c1ccc(C=O)cc1C(F)(F)F. The van der Waals surface area contributed by atoms with Crippen molar-refractivity contribution < 1.29 is 23.1 Å². The number of unbranched alkanes of at least 4 members (excludes halogenated alkanes) is 1. The normalized spacial score (nSPS) is 11.4. The van der Waals surface area contributed by atoms with Gasteiger partial charge in [-0.1, -0.05) is 13.3 Å². The van der Waals surface area contributed by atoms with E-state index in [9.17, 15) is 18.0 Å². The van der Waals surface area contributed by atoms with Crippen molar-refractivity contribution in [2.24, 2.45) is 0 Å². The number of aliphatic hydroxyl groups excluding tert-OH is 1. The number of anilines is 1. The minimum atomic E-state index is -4.53. The molecule has 0 aromatic heterocycles. The first-order valence-corrected chi connectivity index (χ1v) is 6.46. The van der Waals surface area contributed by atoms with Gasteiger partial charge in [-0.15, -0.1) is 0 Å². The summed E-state index contributed by atoms with van der Waals surface area (Å²) in [7, 11) is 0. The monoisotopic (exact) mass is 289 g/mol. The molecule has 0 spiro atoms. The van der Waals surface area contributed by atoms with E-state index in [1.165, 1.54) is 17.0 Å². The first-order valence-electron chi connectivity index (χ1n) is 6.46. The third-order valence-corrected chi connectivity index (χ3v) is 2.95. The molecule has 1 N–H and O–H groups in total. The molecule has 0 aliphatic rings. The Morgan fingerprint density at radius 3 is 2.50 bits per heavy atom. The summed E-state index contributed by atoms with van der Waals surface area (Å²) in [6.45, 7) is 2.28. The highest BCUT2D eigenvalue weighted by Gasteiger charge is 2.35. The molecule has 0 heterocycles. The molecule has 0 amide bonds. The number of nitrogens with zero attached hydrogens (tertiary/aromatic N) is 1. The molecule has 0 saturated heterocycles. The van der Waals surface area contributed by atoms with Crippen molar-refractivity contribution in [3.63, 3.8) is 0 Å². The maximum Gasteiger partial charge on any atom is 0.418 e. The van der Waals surface area contributed by atoms with E-state index in [1.54, 1.807) is 0 Å². The van der Waals surface area contributed by atoms with Gasteiger partial charge in [0.1, 0.15) is 6.29 Å². The Bertz CT molecular complexity index is 447. The quantitative estimate of drug-likeness (QED) is 0.784. The molecule has 0 bridgehead atoms. The summed E-state index contributed by atoms with van der Waals surface area (Å²) < 4.78 is 39.2. The highest BCUT2D eigenvalue weighted by Crippen LogP contribution is 2.37. The van der Waals surface area contributed by atoms with Crippen LogP contribution < -0.4 is 4.90 Å². The molecule has 6 heteroatoms. The lowest BCUT2D eigenvalue weighted by Gasteiger charge is -2.27. The number of rotatable bonds is 7. The van der Waals surface area contributed by atoms with Crippen LogP contribution in [0.25, 0.3) is 0 Å². The van der Waals surface area contributed by atoms with Crippen LogP contribution in [0.2, 0.25) is 0 Å². The maximum atomic E-state index is 13.1. The van der Waals surface area contributed by atoms with E-state index < -0.39 is 11.7 Å². The Morgan fingerprint density at radius 1 is 1.30 bits per heavy atom. The van der Waals surface area contributed by atoms with Crippen LogP contribution in [0.4, 0.5) is 18.9 Å². The van der Waals surface area contributed by atoms with E-state index in [0.29, 0.717) is 12.8 Å². The maximum absolute atomic E-state index is 13.1. The number of aldehydes is 1. The van der Waals surface area contributed by atoms with E-state index in [-0.39, 0.29) is 24.4 Å². The predicted octanol–water partition coefficient (Wildman–Crippen LogP) is 3.12. The summed E-state index contributed by atoms with van der Waals surface area (Å²) in [5.41, 5.74) is -0.849. The van der Waals surface area contributed by atoms with E-state index in [2.05, 4.69) is 0 Å². The van der Waals surface area contributed by atoms with Gasteiger partial charge in [-0.3, -0.25) is 4.79 Å². The molecule has 0 unspecified atom stereocenters. The Balaban J connectivity index is 3.21. The molecule has 0 aliphatic heterocycles. The number of aliphatic hydroxyl groups is 1. The van der Waals surface area contributed by atoms with Crippen LogP contribution in [-0.4, -0.2) is 31.1 Å².